The molecule has 0 spiro atoms. The number of nitrogens with one attached hydrogen (secondary N) is 1. The van der Waals surface area contributed by atoms with E-state index in [0.717, 1.165) is 30.4 Å². The first kappa shape index (κ1) is 22.1. The molecular formula is C22H23F3N4O3. The molecule has 1 aromatic carbocycles. The number of pyridine rings is 1. The van der Waals surface area contributed by atoms with Crippen LogP contribution in [0.1, 0.15) is 54.8 Å². The van der Waals surface area contributed by atoms with Gasteiger partial charge >= 0.3 is 6.18 Å². The predicted molar refractivity (Wildman–Crippen MR) is 112 cm³/mol. The lowest BCUT2D eigenvalue weighted by Crippen LogP contribution is -2.31. The van der Waals surface area contributed by atoms with E-state index >= 15 is 0 Å². The Hall–Kier alpha value is -3.14. The van der Waals surface area contributed by atoms with Gasteiger partial charge in [0.2, 0.25) is 0 Å². The second kappa shape index (κ2) is 8.09. The van der Waals surface area contributed by atoms with Crippen molar-refractivity contribution in [2.45, 2.75) is 50.4 Å². The standard InChI is InChI=1S/C22H23F3N4O3/c1-21(31)8-6-14(7-9-21)29-12-13-10-17(18(32-2)11-16(13)28-29)27-20(30)15-4-3-5-19(26-15)22(23,24)25/h3-5,10-12,14,31H,6-9H2,1-2H3,(H,27,30)/t14-,21+. The Kier molecular flexibility index (Phi) is 5.58. The monoisotopic (exact) mass is 448 g/mol. The van der Waals surface area contributed by atoms with Crippen molar-refractivity contribution in [1.82, 2.24) is 14.8 Å². The van der Waals surface area contributed by atoms with Crippen LogP contribution in [0.15, 0.2) is 36.5 Å². The Labute approximate surface area is 182 Å². The molecule has 1 fully saturated rings. The number of hydrogen-bond acceptors (Lipinski definition) is 5. The molecule has 2 N–H and O–H groups in total. The lowest BCUT2D eigenvalue weighted by Gasteiger charge is -2.33. The highest BCUT2D eigenvalue weighted by molar-refractivity contribution is 6.05. The van der Waals surface area contributed by atoms with E-state index in [1.165, 1.54) is 13.2 Å². The average molecular weight is 448 g/mol. The zero-order valence-electron chi connectivity index (χ0n) is 17.6. The molecule has 170 valence electrons. The predicted octanol–water partition coefficient (Wildman–Crippen LogP) is 4.58. The van der Waals surface area contributed by atoms with Crippen molar-refractivity contribution in [1.29, 1.82) is 0 Å². The third kappa shape index (κ3) is 4.55. The van der Waals surface area contributed by atoms with E-state index < -0.39 is 23.4 Å². The lowest BCUT2D eigenvalue weighted by atomic mass is 9.84. The van der Waals surface area contributed by atoms with E-state index in [-0.39, 0.29) is 11.7 Å². The van der Waals surface area contributed by atoms with Crippen LogP contribution in [0, 0.1) is 0 Å². The van der Waals surface area contributed by atoms with Crippen LogP contribution in [-0.2, 0) is 6.18 Å². The van der Waals surface area contributed by atoms with Gasteiger partial charge in [0.05, 0.1) is 30.0 Å². The molecule has 0 unspecified atom stereocenters. The van der Waals surface area contributed by atoms with E-state index in [1.54, 1.807) is 12.1 Å². The molecule has 7 nitrogen and oxygen atoms in total. The maximum atomic E-state index is 12.9. The molecule has 0 saturated heterocycles. The lowest BCUT2D eigenvalue weighted by molar-refractivity contribution is -0.141. The summed E-state index contributed by atoms with van der Waals surface area (Å²) < 4.78 is 46.0. The van der Waals surface area contributed by atoms with Gasteiger partial charge in [-0.1, -0.05) is 6.07 Å². The van der Waals surface area contributed by atoms with Gasteiger partial charge in [-0.15, -0.1) is 0 Å². The van der Waals surface area contributed by atoms with Gasteiger partial charge in [0.15, 0.2) is 0 Å². The number of benzene rings is 1. The van der Waals surface area contributed by atoms with E-state index in [1.807, 2.05) is 17.8 Å². The molecule has 2 heterocycles. The number of carbonyl (C=O) groups is 1. The first-order valence-corrected chi connectivity index (χ1v) is 10.2. The smallest absolute Gasteiger partial charge is 0.433 e. The number of fused-ring (bicyclic) bond motifs is 1. The number of ether oxygens (including phenoxy) is 1. The number of methoxy groups -OCH3 is 1. The fourth-order valence-electron chi connectivity index (χ4n) is 3.92. The van der Waals surface area contributed by atoms with Crippen LogP contribution in [0.5, 0.6) is 5.75 Å². The van der Waals surface area contributed by atoms with Crippen molar-refractivity contribution in [2.75, 3.05) is 12.4 Å². The number of aliphatic hydroxyl groups is 1. The summed E-state index contributed by atoms with van der Waals surface area (Å²) in [5.74, 6) is -0.453. The first-order chi connectivity index (χ1) is 15.1. The van der Waals surface area contributed by atoms with Gasteiger partial charge in [0.1, 0.15) is 17.1 Å². The van der Waals surface area contributed by atoms with Gasteiger partial charge in [-0.25, -0.2) is 4.98 Å². The molecule has 10 heteroatoms. The minimum Gasteiger partial charge on any atom is -0.494 e. The zero-order valence-corrected chi connectivity index (χ0v) is 17.6. The maximum Gasteiger partial charge on any atom is 0.433 e. The molecule has 0 radical (unpaired) electrons. The highest BCUT2D eigenvalue weighted by atomic mass is 19.4. The van der Waals surface area contributed by atoms with Crippen molar-refractivity contribution < 1.29 is 27.8 Å². The third-order valence-electron chi connectivity index (χ3n) is 5.77. The molecule has 0 bridgehead atoms. The second-order valence-electron chi connectivity index (χ2n) is 8.31. The summed E-state index contributed by atoms with van der Waals surface area (Å²) in [6, 6.07) is 6.65. The number of carbonyl (C=O) groups excluding carboxylic acids is 1. The Morgan fingerprint density at radius 3 is 2.66 bits per heavy atom. The minimum atomic E-state index is -4.64. The number of hydrogen-bond donors (Lipinski definition) is 2. The molecule has 1 saturated carbocycles. The van der Waals surface area contributed by atoms with Crippen LogP contribution in [-0.4, -0.2) is 38.5 Å². The average Bonchev–Trinajstić information content (AvgIpc) is 3.15. The molecule has 3 aromatic rings. The third-order valence-corrected chi connectivity index (χ3v) is 5.77. The minimum absolute atomic E-state index is 0.154. The van der Waals surface area contributed by atoms with Crippen molar-refractivity contribution >= 4 is 22.5 Å². The number of nitrogens with zero attached hydrogens (tertiary/aromatic N) is 3. The second-order valence-corrected chi connectivity index (χ2v) is 8.31. The number of alkyl halides is 3. The van der Waals surface area contributed by atoms with Gasteiger partial charge in [0.25, 0.3) is 5.91 Å². The van der Waals surface area contributed by atoms with Crippen molar-refractivity contribution in [3.05, 3.63) is 47.9 Å². The molecule has 32 heavy (non-hydrogen) atoms. The number of aromatic nitrogens is 3. The van der Waals surface area contributed by atoms with Gasteiger partial charge in [-0.05, 0) is 50.8 Å². The molecule has 0 atom stereocenters. The molecule has 1 aliphatic carbocycles. The van der Waals surface area contributed by atoms with Crippen LogP contribution in [0.25, 0.3) is 10.9 Å². The maximum absolute atomic E-state index is 12.9. The molecule has 4 rings (SSSR count). The van der Waals surface area contributed by atoms with E-state index in [0.29, 0.717) is 29.8 Å². The topological polar surface area (TPSA) is 89.3 Å². The summed E-state index contributed by atoms with van der Waals surface area (Å²) in [5, 5.41) is 18.1. The van der Waals surface area contributed by atoms with E-state index in [2.05, 4.69) is 15.4 Å². The number of amides is 1. The van der Waals surface area contributed by atoms with Gasteiger partial charge in [-0.2, -0.15) is 18.3 Å². The normalized spacial score (nSPS) is 21.5. The largest absolute Gasteiger partial charge is 0.494 e. The van der Waals surface area contributed by atoms with Crippen LogP contribution in [0.2, 0.25) is 0 Å². The van der Waals surface area contributed by atoms with Crippen molar-refractivity contribution in [3.8, 4) is 5.75 Å². The molecule has 2 aromatic heterocycles. The van der Waals surface area contributed by atoms with Gasteiger partial charge in [0, 0.05) is 17.6 Å². The number of anilines is 1. The summed E-state index contributed by atoms with van der Waals surface area (Å²) in [5.41, 5.74) is -1.18. The Balaban J connectivity index is 1.59. The van der Waals surface area contributed by atoms with Gasteiger partial charge in [-0.3, -0.25) is 9.48 Å². The Bertz CT molecular complexity index is 1150. The van der Waals surface area contributed by atoms with Crippen LogP contribution in [0.4, 0.5) is 18.9 Å². The SMILES string of the molecule is COc1cc2nn([C@H]3CC[C@@](C)(O)CC3)cc2cc1NC(=O)c1cccc(C(F)(F)F)n1. The summed E-state index contributed by atoms with van der Waals surface area (Å²) >= 11 is 0. The quantitative estimate of drug-likeness (QED) is 0.610. The van der Waals surface area contributed by atoms with Crippen LogP contribution < -0.4 is 10.1 Å². The zero-order chi connectivity index (χ0) is 23.1. The highest BCUT2D eigenvalue weighted by Gasteiger charge is 2.33. The van der Waals surface area contributed by atoms with E-state index in [9.17, 15) is 23.1 Å². The fourth-order valence-corrected chi connectivity index (χ4v) is 3.92. The highest BCUT2D eigenvalue weighted by Crippen LogP contribution is 2.36. The summed E-state index contributed by atoms with van der Waals surface area (Å²) in [7, 11) is 1.43. The Morgan fingerprint density at radius 2 is 2.00 bits per heavy atom. The van der Waals surface area contributed by atoms with Crippen LogP contribution in [0.3, 0.4) is 0 Å². The summed E-state index contributed by atoms with van der Waals surface area (Å²) in [4.78, 5) is 16.0. The van der Waals surface area contributed by atoms with Crippen molar-refractivity contribution in [2.24, 2.45) is 0 Å². The summed E-state index contributed by atoms with van der Waals surface area (Å²) in [6.07, 6.45) is 0.169. The van der Waals surface area contributed by atoms with Gasteiger partial charge < -0.3 is 15.2 Å². The van der Waals surface area contributed by atoms with Crippen LogP contribution >= 0.6 is 0 Å². The molecule has 1 amide bonds. The fraction of sp³-hybridized carbons (Fsp3) is 0.409. The Morgan fingerprint density at radius 1 is 1.28 bits per heavy atom. The van der Waals surface area contributed by atoms with Crippen molar-refractivity contribution in [3.63, 3.8) is 0 Å². The molecule has 1 aliphatic rings. The van der Waals surface area contributed by atoms with E-state index in [4.69, 9.17) is 4.74 Å². The number of rotatable bonds is 4. The summed E-state index contributed by atoms with van der Waals surface area (Å²) in [6.45, 7) is 1.84. The first-order valence-electron chi connectivity index (χ1n) is 10.2. The number of halogens is 3. The molecular weight excluding hydrogens is 425 g/mol. The molecule has 0 aliphatic heterocycles.